The van der Waals surface area contributed by atoms with Gasteiger partial charge in [-0.05, 0) is 25.1 Å². The van der Waals surface area contributed by atoms with E-state index in [9.17, 15) is 0 Å². The van der Waals surface area contributed by atoms with Gasteiger partial charge >= 0.3 is 0 Å². The highest BCUT2D eigenvalue weighted by molar-refractivity contribution is 7.22. The van der Waals surface area contributed by atoms with Crippen LogP contribution in [0.15, 0.2) is 30.6 Å². The molecule has 2 heterocycles. The van der Waals surface area contributed by atoms with E-state index >= 15 is 0 Å². The average Bonchev–Trinajstić information content (AvgIpc) is 3.03. The Hall–Kier alpha value is -2.08. The van der Waals surface area contributed by atoms with Crippen molar-refractivity contribution in [1.82, 2.24) is 14.8 Å². The standard InChI is InChI=1S/C13H14N4OS/c1-3-17-8-9(7-14-17)15-13-16-11-5-4-10(18-2)6-12(11)19-13/h4-8H,3H2,1-2H3,(H,15,16). The van der Waals surface area contributed by atoms with Crippen molar-refractivity contribution in [3.05, 3.63) is 30.6 Å². The summed E-state index contributed by atoms with van der Waals surface area (Å²) in [5.74, 6) is 0.849. The highest BCUT2D eigenvalue weighted by Crippen LogP contribution is 2.30. The van der Waals surface area contributed by atoms with Gasteiger partial charge in [-0.25, -0.2) is 4.98 Å². The first-order valence-electron chi connectivity index (χ1n) is 6.02. The summed E-state index contributed by atoms with van der Waals surface area (Å²) in [6.07, 6.45) is 3.77. The molecule has 0 atom stereocenters. The fourth-order valence-electron chi connectivity index (χ4n) is 1.81. The molecule has 0 bridgehead atoms. The number of anilines is 2. The topological polar surface area (TPSA) is 52.0 Å². The van der Waals surface area contributed by atoms with Crippen LogP contribution in [0.1, 0.15) is 6.92 Å². The Morgan fingerprint density at radius 1 is 1.42 bits per heavy atom. The molecule has 0 saturated heterocycles. The van der Waals surface area contributed by atoms with Crippen molar-refractivity contribution in [2.24, 2.45) is 0 Å². The molecule has 0 unspecified atom stereocenters. The Labute approximate surface area is 114 Å². The highest BCUT2D eigenvalue weighted by Gasteiger charge is 2.06. The van der Waals surface area contributed by atoms with Gasteiger partial charge in [0.25, 0.3) is 0 Å². The van der Waals surface area contributed by atoms with Gasteiger partial charge in [-0.3, -0.25) is 4.68 Å². The second-order valence-electron chi connectivity index (χ2n) is 4.06. The number of fused-ring (bicyclic) bond motifs is 1. The molecule has 3 rings (SSSR count). The van der Waals surface area contributed by atoms with Crippen LogP contribution in [0.3, 0.4) is 0 Å². The number of aryl methyl sites for hydroxylation is 1. The van der Waals surface area contributed by atoms with Crippen LogP contribution in [-0.2, 0) is 6.54 Å². The van der Waals surface area contributed by atoms with Gasteiger partial charge in [-0.2, -0.15) is 5.10 Å². The van der Waals surface area contributed by atoms with Gasteiger partial charge in [-0.1, -0.05) is 11.3 Å². The van der Waals surface area contributed by atoms with Crippen LogP contribution in [-0.4, -0.2) is 21.9 Å². The first kappa shape index (κ1) is 12.0. The van der Waals surface area contributed by atoms with E-state index in [1.807, 2.05) is 29.1 Å². The summed E-state index contributed by atoms with van der Waals surface area (Å²) in [5.41, 5.74) is 1.92. The number of aromatic nitrogens is 3. The summed E-state index contributed by atoms with van der Waals surface area (Å²) < 4.78 is 8.19. The number of rotatable bonds is 4. The number of ether oxygens (including phenoxy) is 1. The average molecular weight is 274 g/mol. The van der Waals surface area contributed by atoms with E-state index in [2.05, 4.69) is 22.3 Å². The van der Waals surface area contributed by atoms with E-state index < -0.39 is 0 Å². The molecule has 0 aliphatic carbocycles. The Kier molecular flexibility index (Phi) is 3.08. The zero-order valence-corrected chi connectivity index (χ0v) is 11.6. The first-order chi connectivity index (χ1) is 9.28. The summed E-state index contributed by atoms with van der Waals surface area (Å²) >= 11 is 1.60. The third-order valence-electron chi connectivity index (χ3n) is 2.80. The Morgan fingerprint density at radius 3 is 3.05 bits per heavy atom. The largest absolute Gasteiger partial charge is 0.497 e. The molecule has 98 valence electrons. The number of nitrogens with zero attached hydrogens (tertiary/aromatic N) is 3. The lowest BCUT2D eigenvalue weighted by atomic mass is 10.3. The van der Waals surface area contributed by atoms with Crippen molar-refractivity contribution in [3.8, 4) is 5.75 Å². The van der Waals surface area contributed by atoms with E-state index in [0.717, 1.165) is 33.3 Å². The van der Waals surface area contributed by atoms with Crippen LogP contribution >= 0.6 is 11.3 Å². The second kappa shape index (κ2) is 4.89. The van der Waals surface area contributed by atoms with E-state index in [0.29, 0.717) is 0 Å². The van der Waals surface area contributed by atoms with Crippen molar-refractivity contribution in [1.29, 1.82) is 0 Å². The highest BCUT2D eigenvalue weighted by atomic mass is 32.1. The fraction of sp³-hybridized carbons (Fsp3) is 0.231. The fourth-order valence-corrected chi connectivity index (χ4v) is 2.72. The molecule has 0 spiro atoms. The second-order valence-corrected chi connectivity index (χ2v) is 5.09. The van der Waals surface area contributed by atoms with Crippen molar-refractivity contribution in [2.75, 3.05) is 12.4 Å². The molecule has 0 aliphatic rings. The zero-order valence-electron chi connectivity index (χ0n) is 10.8. The maximum atomic E-state index is 5.21. The molecule has 19 heavy (non-hydrogen) atoms. The van der Waals surface area contributed by atoms with Gasteiger partial charge in [0.2, 0.25) is 0 Å². The Bertz CT molecular complexity index is 704. The summed E-state index contributed by atoms with van der Waals surface area (Å²) in [6, 6.07) is 5.87. The van der Waals surface area contributed by atoms with Gasteiger partial charge in [0.15, 0.2) is 5.13 Å². The SMILES string of the molecule is CCn1cc(Nc2nc3ccc(OC)cc3s2)cn1. The summed E-state index contributed by atoms with van der Waals surface area (Å²) in [4.78, 5) is 4.53. The van der Waals surface area contributed by atoms with Crippen molar-refractivity contribution in [2.45, 2.75) is 13.5 Å². The van der Waals surface area contributed by atoms with Crippen LogP contribution in [0.2, 0.25) is 0 Å². The van der Waals surface area contributed by atoms with Crippen LogP contribution in [0.5, 0.6) is 5.75 Å². The Balaban J connectivity index is 1.88. The smallest absolute Gasteiger partial charge is 0.188 e. The number of methoxy groups -OCH3 is 1. The predicted molar refractivity (Wildman–Crippen MR) is 77.4 cm³/mol. The molecular formula is C13H14N4OS. The minimum Gasteiger partial charge on any atom is -0.497 e. The van der Waals surface area contributed by atoms with E-state index in [4.69, 9.17) is 4.74 Å². The molecule has 0 amide bonds. The quantitative estimate of drug-likeness (QED) is 0.793. The van der Waals surface area contributed by atoms with Gasteiger partial charge in [0.1, 0.15) is 5.75 Å². The summed E-state index contributed by atoms with van der Waals surface area (Å²) in [5, 5.41) is 8.35. The molecule has 0 saturated carbocycles. The maximum Gasteiger partial charge on any atom is 0.188 e. The number of hydrogen-bond acceptors (Lipinski definition) is 5. The Morgan fingerprint density at radius 2 is 2.32 bits per heavy atom. The lowest BCUT2D eigenvalue weighted by molar-refractivity contribution is 0.415. The predicted octanol–water partition coefficient (Wildman–Crippen LogP) is 3.26. The van der Waals surface area contributed by atoms with Crippen molar-refractivity contribution < 1.29 is 4.74 Å². The minimum atomic E-state index is 0.849. The molecule has 0 radical (unpaired) electrons. The summed E-state index contributed by atoms with van der Waals surface area (Å²) in [7, 11) is 1.67. The van der Waals surface area contributed by atoms with E-state index in [-0.39, 0.29) is 0 Å². The van der Waals surface area contributed by atoms with Crippen molar-refractivity contribution in [3.63, 3.8) is 0 Å². The number of hydrogen-bond donors (Lipinski definition) is 1. The zero-order chi connectivity index (χ0) is 13.2. The molecule has 0 aliphatic heterocycles. The van der Waals surface area contributed by atoms with Crippen LogP contribution in [0, 0.1) is 0 Å². The number of benzene rings is 1. The van der Waals surface area contributed by atoms with Gasteiger partial charge in [0.05, 0.1) is 29.2 Å². The van der Waals surface area contributed by atoms with E-state index in [1.165, 1.54) is 0 Å². The monoisotopic (exact) mass is 274 g/mol. The lowest BCUT2D eigenvalue weighted by Gasteiger charge is -1.96. The van der Waals surface area contributed by atoms with Gasteiger partial charge in [-0.15, -0.1) is 0 Å². The number of thiazole rings is 1. The van der Waals surface area contributed by atoms with Gasteiger partial charge < -0.3 is 10.1 Å². The normalized spacial score (nSPS) is 10.8. The molecule has 5 nitrogen and oxygen atoms in total. The molecule has 1 aromatic carbocycles. The molecule has 1 N–H and O–H groups in total. The molecule has 2 aromatic heterocycles. The molecule has 0 fully saturated rings. The first-order valence-corrected chi connectivity index (χ1v) is 6.84. The van der Waals surface area contributed by atoms with Crippen molar-refractivity contribution >= 4 is 32.4 Å². The summed E-state index contributed by atoms with van der Waals surface area (Å²) in [6.45, 7) is 2.92. The third-order valence-corrected chi connectivity index (χ3v) is 3.74. The molecule has 3 aromatic rings. The van der Waals surface area contributed by atoms with Crippen LogP contribution < -0.4 is 10.1 Å². The number of nitrogens with one attached hydrogen (secondary N) is 1. The molecular weight excluding hydrogens is 260 g/mol. The van der Waals surface area contributed by atoms with E-state index in [1.54, 1.807) is 24.6 Å². The third kappa shape index (κ3) is 2.39. The minimum absolute atomic E-state index is 0.849. The van der Waals surface area contributed by atoms with Crippen LogP contribution in [0.4, 0.5) is 10.8 Å². The van der Waals surface area contributed by atoms with Crippen LogP contribution in [0.25, 0.3) is 10.2 Å². The lowest BCUT2D eigenvalue weighted by Crippen LogP contribution is -1.92. The maximum absolute atomic E-state index is 5.21. The van der Waals surface area contributed by atoms with Gasteiger partial charge in [0, 0.05) is 12.7 Å². The molecule has 6 heteroatoms.